The van der Waals surface area contributed by atoms with Gasteiger partial charge in [0, 0.05) is 44.2 Å². The number of hydrogen-bond acceptors (Lipinski definition) is 8. The van der Waals surface area contributed by atoms with Gasteiger partial charge in [0.25, 0.3) is 6.43 Å². The lowest BCUT2D eigenvalue weighted by Crippen LogP contribution is -2.41. The number of alkyl halides is 2. The molecule has 0 bridgehead atoms. The number of hydrogen-bond donors (Lipinski definition) is 2. The van der Waals surface area contributed by atoms with Crippen molar-refractivity contribution in [3.8, 4) is 5.82 Å². The summed E-state index contributed by atoms with van der Waals surface area (Å²) in [7, 11) is 3.91. The number of anilines is 2. The second-order valence-electron chi connectivity index (χ2n) is 10.4. The van der Waals surface area contributed by atoms with Gasteiger partial charge in [-0.25, -0.2) is 13.8 Å². The number of halogens is 2. The fourth-order valence-corrected chi connectivity index (χ4v) is 5.18. The lowest BCUT2D eigenvalue weighted by molar-refractivity contribution is -0.122. The van der Waals surface area contributed by atoms with Gasteiger partial charge >= 0.3 is 0 Å². The van der Waals surface area contributed by atoms with E-state index in [1.807, 2.05) is 19.0 Å². The molecule has 0 spiro atoms. The van der Waals surface area contributed by atoms with E-state index in [9.17, 15) is 13.6 Å². The molecule has 2 N–H and O–H groups in total. The summed E-state index contributed by atoms with van der Waals surface area (Å²) in [4.78, 5) is 30.0. The third-order valence-electron chi connectivity index (χ3n) is 7.26. The van der Waals surface area contributed by atoms with Crippen molar-refractivity contribution >= 4 is 28.7 Å². The number of amides is 1. The third kappa shape index (κ3) is 6.62. The molecule has 5 rings (SSSR count). The summed E-state index contributed by atoms with van der Waals surface area (Å²) in [6.45, 7) is 3.18. The summed E-state index contributed by atoms with van der Waals surface area (Å²) in [5, 5.41) is 6.60. The Balaban J connectivity index is 1.37. The fourth-order valence-electron chi connectivity index (χ4n) is 5.18. The van der Waals surface area contributed by atoms with E-state index in [1.165, 1.54) is 4.57 Å². The number of imidazole rings is 1. The average molecular weight is 543 g/mol. The number of nitrogens with zero attached hydrogens (tertiary/aromatic N) is 6. The number of aromatic nitrogens is 4. The van der Waals surface area contributed by atoms with Gasteiger partial charge in [-0.3, -0.25) is 9.36 Å². The smallest absolute Gasteiger partial charge is 0.296 e. The van der Waals surface area contributed by atoms with E-state index in [0.717, 1.165) is 32.2 Å². The zero-order valence-electron chi connectivity index (χ0n) is 22.4. The van der Waals surface area contributed by atoms with Crippen LogP contribution in [0.4, 0.5) is 20.5 Å². The standard InChI is InChI=1S/C27H36F2N8O2/c1-35(2)12-11-24(38)30-18-7-9-19(10-8-18)31-27-33-22(36-13-15-39-16-14-36)17-23(34-27)37-21-6-4-3-5-20(21)32-26(37)25(28)29/h3-6,17-19,25H,7-16H2,1-2H3,(H,30,38)(H,31,33,34). The van der Waals surface area contributed by atoms with Crippen molar-refractivity contribution in [3.63, 3.8) is 0 Å². The molecule has 210 valence electrons. The third-order valence-corrected chi connectivity index (χ3v) is 7.26. The van der Waals surface area contributed by atoms with Gasteiger partial charge in [0.2, 0.25) is 11.9 Å². The van der Waals surface area contributed by atoms with Crippen molar-refractivity contribution in [1.29, 1.82) is 0 Å². The van der Waals surface area contributed by atoms with E-state index in [1.54, 1.807) is 30.3 Å². The van der Waals surface area contributed by atoms with E-state index in [2.05, 4.69) is 20.5 Å². The Morgan fingerprint density at radius 2 is 1.74 bits per heavy atom. The van der Waals surface area contributed by atoms with Crippen LogP contribution in [0.5, 0.6) is 0 Å². The predicted octanol–water partition coefficient (Wildman–Crippen LogP) is 3.38. The van der Waals surface area contributed by atoms with Crippen LogP contribution in [0.1, 0.15) is 44.4 Å². The zero-order valence-corrected chi connectivity index (χ0v) is 22.4. The predicted molar refractivity (Wildman–Crippen MR) is 146 cm³/mol. The molecule has 1 saturated heterocycles. The molecule has 1 aliphatic heterocycles. The second-order valence-corrected chi connectivity index (χ2v) is 10.4. The minimum atomic E-state index is -2.76. The monoisotopic (exact) mass is 542 g/mol. The Bertz CT molecular complexity index is 1270. The molecule has 0 atom stereocenters. The molecule has 1 amide bonds. The van der Waals surface area contributed by atoms with E-state index >= 15 is 0 Å². The number of carbonyl (C=O) groups is 1. The van der Waals surface area contributed by atoms with Gasteiger partial charge in [-0.1, -0.05) is 12.1 Å². The summed E-state index contributed by atoms with van der Waals surface area (Å²) in [6.07, 6.45) is 1.11. The van der Waals surface area contributed by atoms with Crippen LogP contribution < -0.4 is 15.5 Å². The zero-order chi connectivity index (χ0) is 27.4. The van der Waals surface area contributed by atoms with Gasteiger partial charge in [-0.15, -0.1) is 0 Å². The number of carbonyl (C=O) groups excluding carboxylic acids is 1. The maximum absolute atomic E-state index is 14.1. The number of rotatable bonds is 9. The van der Waals surface area contributed by atoms with Gasteiger partial charge in [0.05, 0.1) is 24.2 Å². The highest BCUT2D eigenvalue weighted by Crippen LogP contribution is 2.30. The van der Waals surface area contributed by atoms with Crippen molar-refractivity contribution in [2.45, 2.75) is 50.6 Å². The Hall–Kier alpha value is -3.38. The van der Waals surface area contributed by atoms with Crippen LogP contribution >= 0.6 is 0 Å². The lowest BCUT2D eigenvalue weighted by Gasteiger charge is -2.31. The van der Waals surface area contributed by atoms with Crippen LogP contribution in [0.2, 0.25) is 0 Å². The molecule has 2 aliphatic rings. The van der Waals surface area contributed by atoms with Crippen LogP contribution in [-0.2, 0) is 9.53 Å². The highest BCUT2D eigenvalue weighted by atomic mass is 19.3. The first kappa shape index (κ1) is 27.2. The first-order chi connectivity index (χ1) is 18.9. The van der Waals surface area contributed by atoms with Crippen molar-refractivity contribution in [2.75, 3.05) is 57.2 Å². The molecule has 3 aromatic rings. The summed E-state index contributed by atoms with van der Waals surface area (Å²) < 4.78 is 35.1. The minimum absolute atomic E-state index is 0.0775. The van der Waals surface area contributed by atoms with Crippen molar-refractivity contribution in [1.82, 2.24) is 29.7 Å². The van der Waals surface area contributed by atoms with Crippen molar-refractivity contribution in [2.24, 2.45) is 0 Å². The first-order valence-corrected chi connectivity index (χ1v) is 13.6. The Labute approximate surface area is 226 Å². The number of para-hydroxylation sites is 2. The minimum Gasteiger partial charge on any atom is -0.378 e. The van der Waals surface area contributed by atoms with Crippen LogP contribution in [0.25, 0.3) is 16.9 Å². The normalized spacial score (nSPS) is 20.1. The van der Waals surface area contributed by atoms with Crippen LogP contribution in [-0.4, -0.2) is 89.4 Å². The second kappa shape index (κ2) is 12.2. The molecule has 12 heteroatoms. The molecule has 1 aromatic carbocycles. The Morgan fingerprint density at radius 3 is 2.46 bits per heavy atom. The average Bonchev–Trinajstić information content (AvgIpc) is 3.34. The Kier molecular flexibility index (Phi) is 8.51. The summed E-state index contributed by atoms with van der Waals surface area (Å²) in [5.74, 6) is 1.13. The number of benzene rings is 1. The van der Waals surface area contributed by atoms with E-state index < -0.39 is 6.43 Å². The quantitative estimate of drug-likeness (QED) is 0.425. The van der Waals surface area contributed by atoms with E-state index in [0.29, 0.717) is 61.3 Å². The number of fused-ring (bicyclic) bond motifs is 1. The Morgan fingerprint density at radius 1 is 1.05 bits per heavy atom. The van der Waals surface area contributed by atoms with Crippen molar-refractivity contribution < 1.29 is 18.3 Å². The van der Waals surface area contributed by atoms with Gasteiger partial charge in [-0.05, 0) is 51.9 Å². The van der Waals surface area contributed by atoms with E-state index in [-0.39, 0.29) is 23.8 Å². The van der Waals surface area contributed by atoms with Gasteiger partial charge in [0.15, 0.2) is 5.82 Å². The van der Waals surface area contributed by atoms with Gasteiger partial charge in [-0.2, -0.15) is 9.97 Å². The number of ether oxygens (including phenoxy) is 1. The number of nitrogens with one attached hydrogen (secondary N) is 2. The van der Waals surface area contributed by atoms with Crippen LogP contribution in [0, 0.1) is 0 Å². The molecule has 39 heavy (non-hydrogen) atoms. The molecule has 10 nitrogen and oxygen atoms in total. The fraction of sp³-hybridized carbons (Fsp3) is 0.556. The summed E-state index contributed by atoms with van der Waals surface area (Å²) >= 11 is 0. The lowest BCUT2D eigenvalue weighted by atomic mass is 9.91. The molecule has 3 heterocycles. The molecule has 0 unspecified atom stereocenters. The maximum atomic E-state index is 14.1. The van der Waals surface area contributed by atoms with Gasteiger partial charge in [0.1, 0.15) is 11.6 Å². The van der Waals surface area contributed by atoms with Crippen molar-refractivity contribution in [3.05, 3.63) is 36.2 Å². The molecule has 1 saturated carbocycles. The summed E-state index contributed by atoms with van der Waals surface area (Å²) in [6, 6.07) is 9.08. The SMILES string of the molecule is CN(C)CCC(=O)NC1CCC(Nc2nc(N3CCOCC3)cc(-n3c(C(F)F)nc4ccccc43)n2)CC1. The summed E-state index contributed by atoms with van der Waals surface area (Å²) in [5.41, 5.74) is 1.05. The molecular formula is C27H36F2N8O2. The van der Waals surface area contributed by atoms with Crippen LogP contribution in [0.15, 0.2) is 30.3 Å². The molecular weight excluding hydrogens is 506 g/mol. The highest BCUT2D eigenvalue weighted by Gasteiger charge is 2.26. The maximum Gasteiger partial charge on any atom is 0.296 e. The topological polar surface area (TPSA) is 100 Å². The number of morpholine rings is 1. The molecule has 1 aliphatic carbocycles. The molecule has 2 fully saturated rings. The highest BCUT2D eigenvalue weighted by molar-refractivity contribution is 5.78. The van der Waals surface area contributed by atoms with E-state index in [4.69, 9.17) is 14.7 Å². The molecule has 2 aromatic heterocycles. The molecule has 0 radical (unpaired) electrons. The largest absolute Gasteiger partial charge is 0.378 e. The first-order valence-electron chi connectivity index (χ1n) is 13.6. The van der Waals surface area contributed by atoms with Crippen LogP contribution in [0.3, 0.4) is 0 Å². The van der Waals surface area contributed by atoms with Gasteiger partial charge < -0.3 is 25.2 Å².